The molecule has 0 amide bonds. The van der Waals surface area contributed by atoms with Crippen molar-refractivity contribution in [3.8, 4) is 67.5 Å². The van der Waals surface area contributed by atoms with Crippen LogP contribution in [0.25, 0.3) is 87.7 Å². The zero-order chi connectivity index (χ0) is 42.1. The first-order chi connectivity index (χ1) is 28.8. The van der Waals surface area contributed by atoms with Crippen LogP contribution in [0, 0.1) is 0 Å². The number of thiophene rings is 1. The molecule has 0 spiro atoms. The average molecular weight is 774 g/mol. The maximum Gasteiger partial charge on any atom is 0.164 e. The van der Waals surface area contributed by atoms with Crippen LogP contribution in [0.1, 0.15) is 0 Å². The molecule has 0 aliphatic rings. The largest absolute Gasteiger partial charge is 0.208 e. The SMILES string of the molecule is Bc1c(B)c(B)c(-c2c(B)c(B)c(B)c3c2sc2c(B)c(B)c(B)c(-c4nc(-c5ccccc5)nc(-c5ccc(-c6ccc(-c7ccccc7)cc6)cc5)n4)c23)c(B)c1B. The van der Waals surface area contributed by atoms with Crippen molar-refractivity contribution in [1.82, 2.24) is 15.0 Å². The van der Waals surface area contributed by atoms with Crippen molar-refractivity contribution in [2.75, 3.05) is 0 Å². The van der Waals surface area contributed by atoms with Crippen LogP contribution in [0.2, 0.25) is 0 Å². The van der Waals surface area contributed by atoms with Gasteiger partial charge in [0.15, 0.2) is 17.5 Å². The maximum atomic E-state index is 5.41. The molecular weight excluding hydrogens is 734 g/mol. The number of fused-ring (bicyclic) bond motifs is 3. The molecule has 9 aromatic rings. The highest BCUT2D eigenvalue weighted by atomic mass is 32.1. The second-order valence-electron chi connectivity index (χ2n) is 16.7. The Morgan fingerprint density at radius 3 is 1.13 bits per heavy atom. The summed E-state index contributed by atoms with van der Waals surface area (Å²) in [4.78, 5) is 15.9. The molecular formula is C45H40B11N3S. The van der Waals surface area contributed by atoms with Crippen LogP contribution in [0.5, 0.6) is 0 Å². The molecule has 3 nitrogen and oxygen atoms in total. The van der Waals surface area contributed by atoms with Gasteiger partial charge in [0.2, 0.25) is 0 Å². The van der Waals surface area contributed by atoms with Gasteiger partial charge in [-0.25, -0.2) is 15.0 Å². The Bertz CT molecular complexity index is 3170. The highest BCUT2D eigenvalue weighted by Crippen LogP contribution is 2.40. The van der Waals surface area contributed by atoms with Crippen molar-refractivity contribution in [3.05, 3.63) is 109 Å². The molecule has 274 valence electrons. The van der Waals surface area contributed by atoms with Crippen LogP contribution in [0.3, 0.4) is 0 Å². The Kier molecular flexibility index (Phi) is 10.3. The summed E-state index contributed by atoms with van der Waals surface area (Å²) in [5.41, 5.74) is 25.2. The average Bonchev–Trinajstić information content (AvgIpc) is 3.68. The smallest absolute Gasteiger partial charge is 0.164 e. The minimum Gasteiger partial charge on any atom is -0.208 e. The van der Waals surface area contributed by atoms with Crippen LogP contribution < -0.4 is 60.1 Å². The van der Waals surface area contributed by atoms with E-state index in [-0.39, 0.29) is 0 Å². The Hall–Kier alpha value is -5.52. The van der Waals surface area contributed by atoms with Gasteiger partial charge in [-0.1, -0.05) is 147 Å². The Balaban J connectivity index is 1.27. The maximum absolute atomic E-state index is 5.41. The normalized spacial score (nSPS) is 11.4. The summed E-state index contributed by atoms with van der Waals surface area (Å²) < 4.78 is 2.65. The first kappa shape index (κ1) is 39.9. The van der Waals surface area contributed by atoms with E-state index in [0.717, 1.165) is 22.3 Å². The van der Waals surface area contributed by atoms with E-state index in [1.54, 1.807) is 0 Å². The summed E-state index contributed by atoms with van der Waals surface area (Å²) in [6.45, 7) is 0. The van der Waals surface area contributed by atoms with Gasteiger partial charge in [0.05, 0.1) is 0 Å². The summed E-state index contributed by atoms with van der Waals surface area (Å²) in [5, 5.41) is 2.56. The van der Waals surface area contributed by atoms with Gasteiger partial charge in [0.1, 0.15) is 86.3 Å². The Morgan fingerprint density at radius 1 is 0.267 bits per heavy atom. The van der Waals surface area contributed by atoms with Crippen molar-refractivity contribution in [1.29, 1.82) is 0 Å². The standard InChI is InChI=1S/C45H40B11N3S/c46-30-26(31(47)37(53)39(55)36(30)52)28-33(49)35(51)32(48)27-25-29(34(50)38(54)40(56)42(25)60-41(27)28)45-58-43(23-9-5-2-6-10-23)57-44(59-45)24-17-15-22(16-18-24)21-13-11-20(12-14-21)19-7-3-1-4-8-19/h1-18H,46-56H2. The molecule has 0 saturated heterocycles. The summed E-state index contributed by atoms with van der Waals surface area (Å²) in [6, 6.07) is 38.3. The van der Waals surface area contributed by atoms with Gasteiger partial charge in [0, 0.05) is 31.5 Å². The molecule has 2 aromatic heterocycles. The van der Waals surface area contributed by atoms with E-state index < -0.39 is 0 Å². The summed E-state index contributed by atoms with van der Waals surface area (Å²) in [5.74, 6) is 2.04. The predicted octanol–water partition coefficient (Wildman–Crippen LogP) is -6.92. The Morgan fingerprint density at radius 2 is 0.617 bits per heavy atom. The molecule has 0 bridgehead atoms. The number of aromatic nitrogens is 3. The van der Waals surface area contributed by atoms with Crippen LogP contribution in [-0.4, -0.2) is 101 Å². The zero-order valence-electron chi connectivity index (χ0n) is 36.6. The molecule has 0 aliphatic heterocycles. The van der Waals surface area contributed by atoms with Gasteiger partial charge in [0.25, 0.3) is 0 Å². The van der Waals surface area contributed by atoms with Gasteiger partial charge in [-0.05, 0) is 38.8 Å². The first-order valence-corrected chi connectivity index (χ1v) is 21.8. The zero-order valence-corrected chi connectivity index (χ0v) is 37.5. The fraction of sp³-hybridized carbons (Fsp3) is 0. The predicted molar refractivity (Wildman–Crippen MR) is 295 cm³/mol. The number of hydrogen-bond donors (Lipinski definition) is 0. The summed E-state index contributed by atoms with van der Waals surface area (Å²) >= 11 is 1.94. The van der Waals surface area contributed by atoms with Crippen LogP contribution >= 0.6 is 11.3 Å². The molecule has 0 aliphatic carbocycles. The van der Waals surface area contributed by atoms with Gasteiger partial charge >= 0.3 is 0 Å². The highest BCUT2D eigenvalue weighted by Gasteiger charge is 2.27. The van der Waals surface area contributed by atoms with Crippen LogP contribution in [-0.2, 0) is 0 Å². The minimum absolute atomic E-state index is 0.663. The molecule has 0 fully saturated rings. The Labute approximate surface area is 367 Å². The number of benzene rings is 7. The molecule has 15 heteroatoms. The van der Waals surface area contributed by atoms with Gasteiger partial charge in [-0.15, -0.1) is 33.2 Å². The topological polar surface area (TPSA) is 38.7 Å². The van der Waals surface area contributed by atoms with E-state index in [0.29, 0.717) is 17.5 Å². The third-order valence-electron chi connectivity index (χ3n) is 13.7. The van der Waals surface area contributed by atoms with E-state index >= 15 is 0 Å². The fourth-order valence-electron chi connectivity index (χ4n) is 9.21. The molecule has 0 radical (unpaired) electrons. The lowest BCUT2D eigenvalue weighted by atomic mass is 9.58. The van der Waals surface area contributed by atoms with Crippen molar-refractivity contribution in [2.24, 2.45) is 0 Å². The molecule has 60 heavy (non-hydrogen) atoms. The van der Waals surface area contributed by atoms with Gasteiger partial charge in [-0.2, -0.15) is 0 Å². The van der Waals surface area contributed by atoms with Crippen molar-refractivity contribution in [3.63, 3.8) is 0 Å². The third-order valence-corrected chi connectivity index (χ3v) is 15.0. The molecule has 2 heterocycles. The second kappa shape index (κ2) is 15.5. The molecule has 0 unspecified atom stereocenters. The quantitative estimate of drug-likeness (QED) is 0.158. The van der Waals surface area contributed by atoms with Crippen molar-refractivity contribution < 1.29 is 0 Å². The monoisotopic (exact) mass is 775 g/mol. The molecule has 0 N–H and O–H groups in total. The van der Waals surface area contributed by atoms with Crippen molar-refractivity contribution >= 4 is 178 Å². The lowest BCUT2D eigenvalue weighted by Crippen LogP contribution is -2.56. The lowest BCUT2D eigenvalue weighted by molar-refractivity contribution is 1.08. The number of nitrogens with zero attached hydrogens (tertiary/aromatic N) is 3. The highest BCUT2D eigenvalue weighted by molar-refractivity contribution is 7.28. The van der Waals surface area contributed by atoms with Crippen LogP contribution in [0.15, 0.2) is 109 Å². The lowest BCUT2D eigenvalue weighted by Gasteiger charge is -2.24. The molecule has 7 aromatic carbocycles. The van der Waals surface area contributed by atoms with E-state index in [9.17, 15) is 0 Å². The third kappa shape index (κ3) is 6.48. The molecule has 0 atom stereocenters. The first-order valence-electron chi connectivity index (χ1n) is 21.0. The summed E-state index contributed by atoms with van der Waals surface area (Å²) in [6.07, 6.45) is 0. The van der Waals surface area contributed by atoms with E-state index in [1.165, 1.54) is 108 Å². The van der Waals surface area contributed by atoms with E-state index in [1.807, 2.05) is 17.4 Å². The second-order valence-corrected chi connectivity index (χ2v) is 17.7. The van der Waals surface area contributed by atoms with Gasteiger partial charge in [-0.3, -0.25) is 0 Å². The molecule has 0 saturated carbocycles. The molecule has 9 rings (SSSR count). The number of rotatable bonds is 6. The summed E-state index contributed by atoms with van der Waals surface area (Å²) in [7, 11) is 25.2. The number of hydrogen-bond acceptors (Lipinski definition) is 4. The minimum atomic E-state index is 0.663. The van der Waals surface area contributed by atoms with Crippen LogP contribution in [0.4, 0.5) is 0 Å². The van der Waals surface area contributed by atoms with Crippen molar-refractivity contribution in [2.45, 2.75) is 0 Å². The van der Waals surface area contributed by atoms with Gasteiger partial charge < -0.3 is 0 Å². The van der Waals surface area contributed by atoms with E-state index in [4.69, 9.17) is 15.0 Å². The van der Waals surface area contributed by atoms with E-state index in [2.05, 4.69) is 189 Å². The fourth-order valence-corrected chi connectivity index (χ4v) is 10.7.